The number of rotatable bonds is 10. The fraction of sp³-hybridized carbons (Fsp3) is 1.00. The molecule has 2 fully saturated rings. The molecule has 24 heavy (non-hydrogen) atoms. The van der Waals surface area contributed by atoms with Crippen molar-refractivity contribution in [2.45, 2.75) is 129 Å². The molecule has 142 valence electrons. The molecule has 0 N–H and O–H groups in total. The van der Waals surface area contributed by atoms with E-state index in [4.69, 9.17) is 0 Å². The molecule has 0 atom stereocenters. The lowest BCUT2D eigenvalue weighted by atomic mass is 9.67. The van der Waals surface area contributed by atoms with Crippen molar-refractivity contribution in [2.75, 3.05) is 0 Å². The van der Waals surface area contributed by atoms with E-state index < -0.39 is 5.67 Å². The summed E-state index contributed by atoms with van der Waals surface area (Å²) in [5.41, 5.74) is -0.803. The molecular formula is C23H43F. The summed E-state index contributed by atoms with van der Waals surface area (Å²) in [6.45, 7) is 4.47. The summed E-state index contributed by atoms with van der Waals surface area (Å²) in [5.74, 6) is 2.79. The molecule has 1 heteroatoms. The minimum absolute atomic E-state index is 0.803. The van der Waals surface area contributed by atoms with Gasteiger partial charge in [0, 0.05) is 0 Å². The third-order valence-corrected chi connectivity index (χ3v) is 7.18. The first-order valence-corrected chi connectivity index (χ1v) is 11.4. The van der Waals surface area contributed by atoms with Gasteiger partial charge < -0.3 is 0 Å². The van der Waals surface area contributed by atoms with Crippen molar-refractivity contribution < 1.29 is 4.39 Å². The zero-order valence-corrected chi connectivity index (χ0v) is 16.6. The molecule has 0 spiro atoms. The largest absolute Gasteiger partial charge is 0.244 e. The first-order valence-electron chi connectivity index (χ1n) is 11.4. The highest BCUT2D eigenvalue weighted by atomic mass is 19.1. The van der Waals surface area contributed by atoms with Crippen molar-refractivity contribution in [3.8, 4) is 0 Å². The van der Waals surface area contributed by atoms with Crippen LogP contribution in [0.1, 0.15) is 123 Å². The summed E-state index contributed by atoms with van der Waals surface area (Å²) >= 11 is 0. The van der Waals surface area contributed by atoms with Crippen LogP contribution in [0.2, 0.25) is 0 Å². The highest BCUT2D eigenvalue weighted by Crippen LogP contribution is 2.45. The van der Waals surface area contributed by atoms with E-state index in [1.165, 1.54) is 77.0 Å². The number of alkyl halides is 1. The molecule has 2 rings (SSSR count). The van der Waals surface area contributed by atoms with E-state index >= 15 is 0 Å². The van der Waals surface area contributed by atoms with Gasteiger partial charge in [0.05, 0.1) is 0 Å². The minimum Gasteiger partial charge on any atom is -0.244 e. The van der Waals surface area contributed by atoms with Gasteiger partial charge in [-0.3, -0.25) is 0 Å². The molecule has 0 radical (unpaired) electrons. The maximum atomic E-state index is 14.8. The smallest absolute Gasteiger partial charge is 0.111 e. The first kappa shape index (κ1) is 20.2. The Kier molecular flexibility index (Phi) is 9.12. The molecule has 2 aliphatic rings. The van der Waals surface area contributed by atoms with Crippen LogP contribution in [0.4, 0.5) is 4.39 Å². The zero-order chi connectivity index (χ0) is 17.3. The van der Waals surface area contributed by atoms with Crippen molar-refractivity contribution in [1.82, 2.24) is 0 Å². The lowest BCUT2D eigenvalue weighted by Gasteiger charge is -2.40. The molecule has 0 unspecified atom stereocenters. The third kappa shape index (κ3) is 6.68. The second-order valence-corrected chi connectivity index (χ2v) is 9.08. The second-order valence-electron chi connectivity index (χ2n) is 9.08. The molecular weight excluding hydrogens is 295 g/mol. The Morgan fingerprint density at radius 2 is 1.29 bits per heavy atom. The number of unbranched alkanes of at least 4 members (excludes halogenated alkanes) is 5. The van der Waals surface area contributed by atoms with Gasteiger partial charge in [-0.05, 0) is 62.7 Å². The molecule has 0 aromatic heterocycles. The summed E-state index contributed by atoms with van der Waals surface area (Å²) in [4.78, 5) is 0. The van der Waals surface area contributed by atoms with E-state index in [-0.39, 0.29) is 0 Å². The van der Waals surface area contributed by atoms with Crippen LogP contribution in [0, 0.1) is 17.8 Å². The monoisotopic (exact) mass is 338 g/mol. The normalized spacial score (nSPS) is 34.4. The lowest BCUT2D eigenvalue weighted by Crippen LogP contribution is -2.33. The maximum absolute atomic E-state index is 14.8. The van der Waals surface area contributed by atoms with Crippen LogP contribution >= 0.6 is 0 Å². The van der Waals surface area contributed by atoms with E-state index in [2.05, 4.69) is 13.8 Å². The Hall–Kier alpha value is -0.0700. The average Bonchev–Trinajstić information content (AvgIpc) is 2.61. The SMILES string of the molecule is CCCCCCC[C@H]1CC[C@H](C2CCC(F)(CCCC)CC2)CC1. The van der Waals surface area contributed by atoms with Crippen molar-refractivity contribution in [2.24, 2.45) is 17.8 Å². The highest BCUT2D eigenvalue weighted by molar-refractivity contribution is 4.89. The van der Waals surface area contributed by atoms with Gasteiger partial charge >= 0.3 is 0 Å². The van der Waals surface area contributed by atoms with Crippen LogP contribution in [-0.2, 0) is 0 Å². The Bertz CT molecular complexity index is 308. The van der Waals surface area contributed by atoms with Crippen LogP contribution in [-0.4, -0.2) is 5.67 Å². The van der Waals surface area contributed by atoms with Gasteiger partial charge in [-0.25, -0.2) is 4.39 Å². The Labute approximate surface area is 151 Å². The van der Waals surface area contributed by atoms with Crippen LogP contribution < -0.4 is 0 Å². The molecule has 0 amide bonds. The lowest BCUT2D eigenvalue weighted by molar-refractivity contribution is 0.0459. The summed E-state index contributed by atoms with van der Waals surface area (Å²) in [5, 5.41) is 0. The van der Waals surface area contributed by atoms with Gasteiger partial charge in [0.1, 0.15) is 5.67 Å². The average molecular weight is 339 g/mol. The third-order valence-electron chi connectivity index (χ3n) is 7.18. The molecule has 0 saturated heterocycles. The molecule has 0 aromatic carbocycles. The summed E-state index contributed by atoms with van der Waals surface area (Å²) in [6, 6.07) is 0. The van der Waals surface area contributed by atoms with E-state index in [9.17, 15) is 4.39 Å². The van der Waals surface area contributed by atoms with Gasteiger partial charge in [0.2, 0.25) is 0 Å². The van der Waals surface area contributed by atoms with Crippen LogP contribution in [0.5, 0.6) is 0 Å². The van der Waals surface area contributed by atoms with Gasteiger partial charge in [-0.15, -0.1) is 0 Å². The fourth-order valence-corrected chi connectivity index (χ4v) is 5.36. The van der Waals surface area contributed by atoms with Crippen LogP contribution in [0.15, 0.2) is 0 Å². The van der Waals surface area contributed by atoms with Crippen molar-refractivity contribution >= 4 is 0 Å². The number of halogens is 1. The second kappa shape index (κ2) is 10.8. The first-order chi connectivity index (χ1) is 11.7. The molecule has 2 saturated carbocycles. The molecule has 0 aliphatic heterocycles. The van der Waals surface area contributed by atoms with Crippen molar-refractivity contribution in [3.63, 3.8) is 0 Å². The van der Waals surface area contributed by atoms with Gasteiger partial charge in [0.15, 0.2) is 0 Å². The Morgan fingerprint density at radius 1 is 0.708 bits per heavy atom. The Balaban J connectivity index is 1.59. The predicted octanol–water partition coefficient (Wildman–Crippen LogP) is 8.24. The topological polar surface area (TPSA) is 0 Å². The van der Waals surface area contributed by atoms with E-state index in [1.54, 1.807) is 0 Å². The predicted molar refractivity (Wildman–Crippen MR) is 104 cm³/mol. The van der Waals surface area contributed by atoms with Gasteiger partial charge in [0.25, 0.3) is 0 Å². The van der Waals surface area contributed by atoms with E-state index in [1.807, 2.05) is 0 Å². The molecule has 0 aromatic rings. The highest BCUT2D eigenvalue weighted by Gasteiger charge is 2.37. The van der Waals surface area contributed by atoms with Crippen LogP contribution in [0.25, 0.3) is 0 Å². The summed E-state index contributed by atoms with van der Waals surface area (Å²) in [7, 11) is 0. The van der Waals surface area contributed by atoms with Crippen molar-refractivity contribution in [1.29, 1.82) is 0 Å². The summed E-state index contributed by atoms with van der Waals surface area (Å²) < 4.78 is 14.8. The number of hydrogen-bond donors (Lipinski definition) is 0. The number of hydrogen-bond acceptors (Lipinski definition) is 0. The molecule has 0 bridgehead atoms. The Morgan fingerprint density at radius 3 is 1.92 bits per heavy atom. The van der Waals surface area contributed by atoms with Crippen molar-refractivity contribution in [3.05, 3.63) is 0 Å². The fourth-order valence-electron chi connectivity index (χ4n) is 5.36. The van der Waals surface area contributed by atoms with Crippen LogP contribution in [0.3, 0.4) is 0 Å². The quantitative estimate of drug-likeness (QED) is 0.352. The maximum Gasteiger partial charge on any atom is 0.111 e. The molecule has 0 heterocycles. The molecule has 0 nitrogen and oxygen atoms in total. The standard InChI is InChI=1S/C23H43F/c1-3-5-7-8-9-10-20-11-13-21(14-12-20)22-15-18-23(24,19-16-22)17-6-4-2/h20-22H,3-19H2,1-2H3/t20-,21-,22?,23?. The minimum atomic E-state index is -0.803. The molecule has 2 aliphatic carbocycles. The summed E-state index contributed by atoms with van der Waals surface area (Å²) in [6.07, 6.45) is 21.5. The van der Waals surface area contributed by atoms with Gasteiger partial charge in [-0.1, -0.05) is 78.1 Å². The van der Waals surface area contributed by atoms with Gasteiger partial charge in [-0.2, -0.15) is 0 Å². The zero-order valence-electron chi connectivity index (χ0n) is 16.6. The van der Waals surface area contributed by atoms with E-state index in [0.29, 0.717) is 0 Å². The van der Waals surface area contributed by atoms with E-state index in [0.717, 1.165) is 49.9 Å².